The van der Waals surface area contributed by atoms with Crippen molar-refractivity contribution in [2.45, 2.75) is 19.4 Å². The van der Waals surface area contributed by atoms with Crippen LogP contribution in [-0.2, 0) is 6.42 Å². The fourth-order valence-corrected chi connectivity index (χ4v) is 1.67. The predicted molar refractivity (Wildman–Crippen MR) is 64.1 cm³/mol. The zero-order chi connectivity index (χ0) is 11.4. The molecule has 0 amide bonds. The Labute approximate surface area is 95.6 Å². The largest absolute Gasteiger partial charge is 0.384 e. The lowest BCUT2D eigenvalue weighted by molar-refractivity contribution is 0.220. The van der Waals surface area contributed by atoms with Crippen molar-refractivity contribution in [2.24, 2.45) is 0 Å². The van der Waals surface area contributed by atoms with Gasteiger partial charge in [-0.05, 0) is 35.2 Å². The normalized spacial score (nSPS) is 12.4. The summed E-state index contributed by atoms with van der Waals surface area (Å²) in [4.78, 5) is 3.94. The highest BCUT2D eigenvalue weighted by molar-refractivity contribution is 5.30. The molecule has 2 aromatic rings. The van der Waals surface area contributed by atoms with Gasteiger partial charge in [0.25, 0.3) is 0 Å². The lowest BCUT2D eigenvalue weighted by Gasteiger charge is -2.11. The van der Waals surface area contributed by atoms with Crippen LogP contribution >= 0.6 is 0 Å². The Morgan fingerprint density at radius 3 is 2.12 bits per heavy atom. The van der Waals surface area contributed by atoms with Crippen LogP contribution in [0.4, 0.5) is 0 Å². The van der Waals surface area contributed by atoms with Gasteiger partial charge in [-0.1, -0.05) is 31.2 Å². The number of rotatable bonds is 3. The molecular formula is C14H15NO. The summed E-state index contributed by atoms with van der Waals surface area (Å²) in [5, 5.41) is 10.1. The van der Waals surface area contributed by atoms with Crippen molar-refractivity contribution in [1.82, 2.24) is 4.98 Å². The third kappa shape index (κ3) is 2.28. The van der Waals surface area contributed by atoms with E-state index >= 15 is 0 Å². The lowest BCUT2D eigenvalue weighted by Crippen LogP contribution is -1.99. The first-order valence-corrected chi connectivity index (χ1v) is 5.48. The van der Waals surface area contributed by atoms with Crippen molar-refractivity contribution in [2.75, 3.05) is 0 Å². The van der Waals surface area contributed by atoms with Crippen molar-refractivity contribution in [3.05, 3.63) is 65.5 Å². The van der Waals surface area contributed by atoms with Crippen LogP contribution in [-0.4, -0.2) is 10.1 Å². The van der Waals surface area contributed by atoms with Crippen LogP contribution in [0.25, 0.3) is 0 Å². The third-order valence-corrected chi connectivity index (χ3v) is 2.73. The van der Waals surface area contributed by atoms with Crippen LogP contribution in [0.5, 0.6) is 0 Å². The molecule has 16 heavy (non-hydrogen) atoms. The molecule has 0 aliphatic rings. The van der Waals surface area contributed by atoms with Crippen LogP contribution in [0, 0.1) is 0 Å². The number of hydrogen-bond acceptors (Lipinski definition) is 2. The fourth-order valence-electron chi connectivity index (χ4n) is 1.67. The highest BCUT2D eigenvalue weighted by Crippen LogP contribution is 2.21. The van der Waals surface area contributed by atoms with Gasteiger partial charge in [-0.2, -0.15) is 0 Å². The number of aryl methyl sites for hydroxylation is 1. The maximum absolute atomic E-state index is 10.1. The van der Waals surface area contributed by atoms with Gasteiger partial charge < -0.3 is 5.11 Å². The summed E-state index contributed by atoms with van der Waals surface area (Å²) in [6.07, 6.45) is 3.85. The molecule has 1 aromatic carbocycles. The summed E-state index contributed by atoms with van der Waals surface area (Å²) in [6.45, 7) is 2.12. The molecule has 1 atom stereocenters. The second kappa shape index (κ2) is 4.90. The molecule has 0 fully saturated rings. The van der Waals surface area contributed by atoms with Crippen LogP contribution in [0.1, 0.15) is 29.7 Å². The molecule has 0 radical (unpaired) electrons. The van der Waals surface area contributed by atoms with Gasteiger partial charge >= 0.3 is 0 Å². The molecule has 82 valence electrons. The van der Waals surface area contributed by atoms with Gasteiger partial charge in [0.1, 0.15) is 6.10 Å². The number of pyridine rings is 1. The van der Waals surface area contributed by atoms with Gasteiger partial charge in [0.2, 0.25) is 0 Å². The van der Waals surface area contributed by atoms with E-state index in [0.717, 1.165) is 17.5 Å². The van der Waals surface area contributed by atoms with Crippen molar-refractivity contribution in [3.63, 3.8) is 0 Å². The standard InChI is InChI=1S/C14H15NO/c1-2-11-3-5-12(6-4-11)14(16)13-7-9-15-10-8-13/h3-10,14,16H,2H2,1H3/t14-/m1/s1. The van der Waals surface area contributed by atoms with Gasteiger partial charge in [0.05, 0.1) is 0 Å². The van der Waals surface area contributed by atoms with Crippen LogP contribution in [0.3, 0.4) is 0 Å². The van der Waals surface area contributed by atoms with Gasteiger partial charge in [-0.25, -0.2) is 0 Å². The van der Waals surface area contributed by atoms with E-state index in [1.54, 1.807) is 12.4 Å². The summed E-state index contributed by atoms with van der Waals surface area (Å²) < 4.78 is 0. The van der Waals surface area contributed by atoms with E-state index in [2.05, 4.69) is 24.0 Å². The fraction of sp³-hybridized carbons (Fsp3) is 0.214. The van der Waals surface area contributed by atoms with Crippen molar-refractivity contribution >= 4 is 0 Å². The zero-order valence-electron chi connectivity index (χ0n) is 9.30. The predicted octanol–water partition coefficient (Wildman–Crippen LogP) is 2.73. The molecule has 2 rings (SSSR count). The van der Waals surface area contributed by atoms with Crippen molar-refractivity contribution in [1.29, 1.82) is 0 Å². The Balaban J connectivity index is 2.24. The van der Waals surface area contributed by atoms with Crippen LogP contribution in [0.2, 0.25) is 0 Å². The molecule has 0 spiro atoms. The van der Waals surface area contributed by atoms with E-state index in [9.17, 15) is 5.11 Å². The SMILES string of the molecule is CCc1ccc([C@@H](O)c2ccncc2)cc1. The molecule has 0 unspecified atom stereocenters. The van der Waals surface area contributed by atoms with E-state index < -0.39 is 6.10 Å². The minimum atomic E-state index is -0.561. The maximum atomic E-state index is 10.1. The first-order chi connectivity index (χ1) is 7.81. The van der Waals surface area contributed by atoms with Gasteiger partial charge in [0, 0.05) is 12.4 Å². The first kappa shape index (κ1) is 10.8. The Morgan fingerprint density at radius 1 is 1.00 bits per heavy atom. The highest BCUT2D eigenvalue weighted by atomic mass is 16.3. The molecule has 0 aliphatic carbocycles. The summed E-state index contributed by atoms with van der Waals surface area (Å²) in [5.41, 5.74) is 3.08. The topological polar surface area (TPSA) is 33.1 Å². The average molecular weight is 213 g/mol. The molecule has 1 aromatic heterocycles. The first-order valence-electron chi connectivity index (χ1n) is 5.48. The second-order valence-electron chi connectivity index (χ2n) is 3.78. The Morgan fingerprint density at radius 2 is 1.56 bits per heavy atom. The molecule has 0 saturated heterocycles. The second-order valence-corrected chi connectivity index (χ2v) is 3.78. The number of aliphatic hydroxyl groups excluding tert-OH is 1. The average Bonchev–Trinajstić information content (AvgIpc) is 2.39. The number of nitrogens with zero attached hydrogens (tertiary/aromatic N) is 1. The molecule has 0 saturated carbocycles. The summed E-state index contributed by atoms with van der Waals surface area (Å²) >= 11 is 0. The van der Waals surface area contributed by atoms with E-state index in [1.165, 1.54) is 5.56 Å². The molecule has 1 heterocycles. The summed E-state index contributed by atoms with van der Waals surface area (Å²) in [7, 11) is 0. The van der Waals surface area contributed by atoms with Gasteiger partial charge in [0.15, 0.2) is 0 Å². The summed E-state index contributed by atoms with van der Waals surface area (Å²) in [6, 6.07) is 11.7. The Kier molecular flexibility index (Phi) is 3.32. The maximum Gasteiger partial charge on any atom is 0.104 e. The smallest absolute Gasteiger partial charge is 0.104 e. The van der Waals surface area contributed by atoms with Crippen molar-refractivity contribution in [3.8, 4) is 0 Å². The monoisotopic (exact) mass is 213 g/mol. The molecule has 0 aliphatic heterocycles. The molecule has 2 heteroatoms. The quantitative estimate of drug-likeness (QED) is 0.850. The number of aliphatic hydroxyl groups is 1. The zero-order valence-corrected chi connectivity index (χ0v) is 9.30. The van der Waals surface area contributed by atoms with E-state index in [4.69, 9.17) is 0 Å². The number of aromatic nitrogens is 1. The van der Waals surface area contributed by atoms with Crippen LogP contribution < -0.4 is 0 Å². The molecule has 1 N–H and O–H groups in total. The van der Waals surface area contributed by atoms with Gasteiger partial charge in [-0.15, -0.1) is 0 Å². The molecular weight excluding hydrogens is 198 g/mol. The highest BCUT2D eigenvalue weighted by Gasteiger charge is 2.09. The summed E-state index contributed by atoms with van der Waals surface area (Å²) in [5.74, 6) is 0. The van der Waals surface area contributed by atoms with E-state index in [-0.39, 0.29) is 0 Å². The Bertz CT molecular complexity index is 436. The third-order valence-electron chi connectivity index (χ3n) is 2.73. The van der Waals surface area contributed by atoms with Gasteiger partial charge in [-0.3, -0.25) is 4.98 Å². The van der Waals surface area contributed by atoms with E-state index in [0.29, 0.717) is 0 Å². The molecule has 0 bridgehead atoms. The minimum absolute atomic E-state index is 0.561. The molecule has 2 nitrogen and oxygen atoms in total. The number of benzene rings is 1. The van der Waals surface area contributed by atoms with E-state index in [1.807, 2.05) is 24.3 Å². The lowest BCUT2D eigenvalue weighted by atomic mass is 10.0. The van der Waals surface area contributed by atoms with Crippen molar-refractivity contribution < 1.29 is 5.11 Å². The number of hydrogen-bond donors (Lipinski definition) is 1. The Hall–Kier alpha value is -1.67. The minimum Gasteiger partial charge on any atom is -0.384 e. The van der Waals surface area contributed by atoms with Crippen LogP contribution in [0.15, 0.2) is 48.8 Å².